The van der Waals surface area contributed by atoms with Crippen molar-refractivity contribution >= 4 is 11.9 Å². The lowest BCUT2D eigenvalue weighted by molar-refractivity contribution is 0.0588. The average Bonchev–Trinajstić information content (AvgIpc) is 2.77. The molecular weight excluding hydrogens is 362 g/mol. The zero-order valence-corrected chi connectivity index (χ0v) is 15.5. The summed E-state index contributed by atoms with van der Waals surface area (Å²) in [6, 6.07) is 8.28. The molecule has 0 aliphatic carbocycles. The van der Waals surface area contributed by atoms with Crippen molar-refractivity contribution < 1.29 is 23.8 Å². The van der Waals surface area contributed by atoms with Gasteiger partial charge in [-0.15, -0.1) is 0 Å². The Morgan fingerprint density at radius 3 is 2.29 bits per heavy atom. The molecular formula is C20H17N3O5. The molecule has 0 atom stereocenters. The van der Waals surface area contributed by atoms with Gasteiger partial charge >= 0.3 is 11.9 Å². The van der Waals surface area contributed by atoms with Crippen LogP contribution in [0, 0.1) is 0 Å². The van der Waals surface area contributed by atoms with Gasteiger partial charge in [-0.25, -0.2) is 19.6 Å². The van der Waals surface area contributed by atoms with Gasteiger partial charge in [-0.2, -0.15) is 0 Å². The highest BCUT2D eigenvalue weighted by atomic mass is 16.5. The van der Waals surface area contributed by atoms with Gasteiger partial charge in [0.15, 0.2) is 0 Å². The predicted molar refractivity (Wildman–Crippen MR) is 99.9 cm³/mol. The van der Waals surface area contributed by atoms with E-state index in [-0.39, 0.29) is 11.3 Å². The number of rotatable bonds is 5. The van der Waals surface area contributed by atoms with Crippen molar-refractivity contribution in [3.63, 3.8) is 0 Å². The molecule has 0 N–H and O–H groups in total. The van der Waals surface area contributed by atoms with Gasteiger partial charge in [-0.05, 0) is 29.8 Å². The largest absolute Gasteiger partial charge is 0.480 e. The molecule has 3 heterocycles. The number of esters is 2. The Labute approximate surface area is 161 Å². The summed E-state index contributed by atoms with van der Waals surface area (Å²) in [4.78, 5) is 36.6. The van der Waals surface area contributed by atoms with Crippen molar-refractivity contribution in [2.75, 3.05) is 21.3 Å². The predicted octanol–water partition coefficient (Wildman–Crippen LogP) is 2.79. The molecule has 0 saturated heterocycles. The molecule has 0 spiro atoms. The minimum absolute atomic E-state index is 0.182. The third-order valence-corrected chi connectivity index (χ3v) is 4.03. The number of nitrogens with zero attached hydrogens (tertiary/aromatic N) is 3. The monoisotopic (exact) mass is 379 g/mol. The molecule has 0 amide bonds. The van der Waals surface area contributed by atoms with Crippen molar-refractivity contribution in [3.05, 3.63) is 60.2 Å². The first kappa shape index (κ1) is 19.0. The second-order valence-corrected chi connectivity index (χ2v) is 5.56. The highest BCUT2D eigenvalue weighted by Crippen LogP contribution is 2.38. The molecule has 28 heavy (non-hydrogen) atoms. The molecule has 8 heteroatoms. The van der Waals surface area contributed by atoms with Crippen LogP contribution in [-0.2, 0) is 9.47 Å². The van der Waals surface area contributed by atoms with Crippen molar-refractivity contribution in [1.29, 1.82) is 0 Å². The maximum atomic E-state index is 12.2. The van der Waals surface area contributed by atoms with Crippen LogP contribution in [0.3, 0.4) is 0 Å². The second-order valence-electron chi connectivity index (χ2n) is 5.56. The SMILES string of the molecule is COC(=O)c1ccc(-c2ccnc(OC)c2-c2ncccc2C(=O)OC)cn1. The molecule has 0 aliphatic heterocycles. The van der Waals surface area contributed by atoms with E-state index >= 15 is 0 Å². The molecule has 0 saturated carbocycles. The summed E-state index contributed by atoms with van der Waals surface area (Å²) >= 11 is 0. The van der Waals surface area contributed by atoms with E-state index in [1.54, 1.807) is 42.7 Å². The Morgan fingerprint density at radius 1 is 0.857 bits per heavy atom. The van der Waals surface area contributed by atoms with Gasteiger partial charge < -0.3 is 14.2 Å². The highest BCUT2D eigenvalue weighted by molar-refractivity contribution is 5.99. The van der Waals surface area contributed by atoms with E-state index in [0.717, 1.165) is 0 Å². The fourth-order valence-corrected chi connectivity index (χ4v) is 2.72. The molecule has 3 aromatic rings. The molecule has 0 bridgehead atoms. The number of hydrogen-bond acceptors (Lipinski definition) is 8. The second kappa shape index (κ2) is 8.26. The summed E-state index contributed by atoms with van der Waals surface area (Å²) < 4.78 is 15.0. The molecule has 0 aliphatic rings. The fourth-order valence-electron chi connectivity index (χ4n) is 2.72. The standard InChI is InChI=1S/C20H17N3O5/c1-26-18-16(17-14(19(24)27-2)5-4-9-21-17)13(8-10-22-18)12-6-7-15(23-11-12)20(25)28-3/h4-11H,1-3H3. The van der Waals surface area contributed by atoms with Gasteiger partial charge in [0.2, 0.25) is 5.88 Å². The molecule has 0 fully saturated rings. The average molecular weight is 379 g/mol. The lowest BCUT2D eigenvalue weighted by Gasteiger charge is -2.15. The van der Waals surface area contributed by atoms with Gasteiger partial charge in [-0.1, -0.05) is 6.07 Å². The first-order valence-corrected chi connectivity index (χ1v) is 8.22. The lowest BCUT2D eigenvalue weighted by atomic mass is 9.97. The summed E-state index contributed by atoms with van der Waals surface area (Å²) in [6.07, 6.45) is 4.68. The van der Waals surface area contributed by atoms with Crippen LogP contribution in [0.5, 0.6) is 5.88 Å². The summed E-state index contributed by atoms with van der Waals surface area (Å²) in [5.41, 5.74) is 2.70. The van der Waals surface area contributed by atoms with Crippen LogP contribution in [0.15, 0.2) is 48.9 Å². The van der Waals surface area contributed by atoms with Gasteiger partial charge in [0.1, 0.15) is 5.69 Å². The topological polar surface area (TPSA) is 100 Å². The van der Waals surface area contributed by atoms with Crippen LogP contribution in [0.25, 0.3) is 22.4 Å². The smallest absolute Gasteiger partial charge is 0.356 e. The summed E-state index contributed by atoms with van der Waals surface area (Å²) in [6.45, 7) is 0. The van der Waals surface area contributed by atoms with Crippen LogP contribution in [0.2, 0.25) is 0 Å². The van der Waals surface area contributed by atoms with E-state index in [1.807, 2.05) is 0 Å². The van der Waals surface area contributed by atoms with E-state index in [9.17, 15) is 9.59 Å². The number of ether oxygens (including phenoxy) is 3. The van der Waals surface area contributed by atoms with Crippen molar-refractivity contribution in [3.8, 4) is 28.3 Å². The van der Waals surface area contributed by atoms with Gasteiger partial charge in [0.05, 0.1) is 38.2 Å². The molecule has 8 nitrogen and oxygen atoms in total. The Kier molecular flexibility index (Phi) is 5.59. The van der Waals surface area contributed by atoms with Gasteiger partial charge in [0.25, 0.3) is 0 Å². The Balaban J connectivity index is 2.21. The molecule has 3 aromatic heterocycles. The third kappa shape index (κ3) is 3.52. The number of carbonyl (C=O) groups is 2. The van der Waals surface area contributed by atoms with E-state index < -0.39 is 11.9 Å². The zero-order chi connectivity index (χ0) is 20.1. The van der Waals surface area contributed by atoms with E-state index in [2.05, 4.69) is 19.7 Å². The molecule has 0 aromatic carbocycles. The van der Waals surface area contributed by atoms with Crippen LogP contribution in [0.4, 0.5) is 0 Å². The summed E-state index contributed by atoms with van der Waals surface area (Å²) in [5.74, 6) is -0.769. The van der Waals surface area contributed by atoms with E-state index in [1.165, 1.54) is 27.5 Å². The molecule has 142 valence electrons. The minimum Gasteiger partial charge on any atom is -0.480 e. The van der Waals surface area contributed by atoms with Crippen molar-refractivity contribution in [1.82, 2.24) is 15.0 Å². The molecule has 0 unspecified atom stereocenters. The van der Waals surface area contributed by atoms with E-state index in [4.69, 9.17) is 9.47 Å². The molecule has 3 rings (SSSR count). The van der Waals surface area contributed by atoms with Gasteiger partial charge in [-0.3, -0.25) is 4.98 Å². The summed E-state index contributed by atoms with van der Waals surface area (Å²) in [5, 5.41) is 0. The number of pyridine rings is 3. The van der Waals surface area contributed by atoms with Crippen LogP contribution in [-0.4, -0.2) is 48.2 Å². The zero-order valence-electron chi connectivity index (χ0n) is 15.5. The van der Waals surface area contributed by atoms with Crippen molar-refractivity contribution in [2.24, 2.45) is 0 Å². The van der Waals surface area contributed by atoms with Crippen LogP contribution >= 0.6 is 0 Å². The Bertz CT molecular complexity index is 1020. The fraction of sp³-hybridized carbons (Fsp3) is 0.150. The van der Waals surface area contributed by atoms with Crippen molar-refractivity contribution in [2.45, 2.75) is 0 Å². The van der Waals surface area contributed by atoms with Gasteiger partial charge in [0, 0.05) is 24.2 Å². The lowest BCUT2D eigenvalue weighted by Crippen LogP contribution is -2.07. The maximum absolute atomic E-state index is 12.2. The number of hydrogen-bond donors (Lipinski definition) is 0. The molecule has 0 radical (unpaired) electrons. The number of carbonyl (C=O) groups excluding carboxylic acids is 2. The Morgan fingerprint density at radius 2 is 1.64 bits per heavy atom. The first-order valence-electron chi connectivity index (χ1n) is 8.22. The first-order chi connectivity index (χ1) is 13.6. The normalized spacial score (nSPS) is 10.2. The van der Waals surface area contributed by atoms with Crippen LogP contribution < -0.4 is 4.74 Å². The third-order valence-electron chi connectivity index (χ3n) is 4.03. The van der Waals surface area contributed by atoms with E-state index in [0.29, 0.717) is 28.3 Å². The highest BCUT2D eigenvalue weighted by Gasteiger charge is 2.22. The Hall–Kier alpha value is -3.81. The number of aromatic nitrogens is 3. The minimum atomic E-state index is -0.531. The summed E-state index contributed by atoms with van der Waals surface area (Å²) in [7, 11) is 4.07. The number of methoxy groups -OCH3 is 3. The quantitative estimate of drug-likeness (QED) is 0.624. The van der Waals surface area contributed by atoms with Crippen LogP contribution in [0.1, 0.15) is 20.8 Å². The maximum Gasteiger partial charge on any atom is 0.356 e.